The van der Waals surface area contributed by atoms with Crippen molar-refractivity contribution in [3.63, 3.8) is 0 Å². The van der Waals surface area contributed by atoms with Crippen LogP contribution in [0.3, 0.4) is 0 Å². The lowest BCUT2D eigenvalue weighted by Gasteiger charge is -2.05. The summed E-state index contributed by atoms with van der Waals surface area (Å²) in [6.07, 6.45) is 0.0101. The molecule has 1 aromatic carbocycles. The zero-order valence-electron chi connectivity index (χ0n) is 10.4. The highest BCUT2D eigenvalue weighted by atomic mass is 32.2. The van der Waals surface area contributed by atoms with Gasteiger partial charge in [-0.25, -0.2) is 13.1 Å². The van der Waals surface area contributed by atoms with Gasteiger partial charge in [-0.3, -0.25) is 4.79 Å². The molecule has 0 amide bonds. The second-order valence-electron chi connectivity index (χ2n) is 3.87. The van der Waals surface area contributed by atoms with Gasteiger partial charge in [-0.2, -0.15) is 0 Å². The van der Waals surface area contributed by atoms with Crippen LogP contribution in [0.5, 0.6) is 0 Å². The Balaban J connectivity index is 2.19. The minimum absolute atomic E-state index is 0.125. The summed E-state index contributed by atoms with van der Waals surface area (Å²) in [4.78, 5) is 11.4. The van der Waals surface area contributed by atoms with Gasteiger partial charge in [-0.05, 0) is 18.6 Å². The lowest BCUT2D eigenvalue weighted by molar-refractivity contribution is -0.137. The largest absolute Gasteiger partial charge is 0.481 e. The Morgan fingerprint density at radius 1 is 1.26 bits per heavy atom. The predicted octanol–water partition coefficient (Wildman–Crippen LogP) is 1.56. The van der Waals surface area contributed by atoms with E-state index in [4.69, 9.17) is 5.11 Å². The minimum Gasteiger partial charge on any atom is -0.481 e. The van der Waals surface area contributed by atoms with Crippen molar-refractivity contribution < 1.29 is 18.3 Å². The molecule has 19 heavy (non-hydrogen) atoms. The molecule has 0 heterocycles. The number of aliphatic carboxylic acids is 1. The Kier molecular flexibility index (Phi) is 6.90. The predicted molar refractivity (Wildman–Crippen MR) is 75.8 cm³/mol. The number of nitrogens with one attached hydrogen (secondary N) is 1. The number of hydrogen-bond donors (Lipinski definition) is 2. The molecular formula is C12H17NO4S2. The van der Waals surface area contributed by atoms with E-state index in [0.29, 0.717) is 12.3 Å². The van der Waals surface area contributed by atoms with E-state index in [0.717, 1.165) is 4.90 Å². The van der Waals surface area contributed by atoms with E-state index in [2.05, 4.69) is 4.72 Å². The molecule has 7 heteroatoms. The summed E-state index contributed by atoms with van der Waals surface area (Å²) in [5.41, 5.74) is 0. The van der Waals surface area contributed by atoms with Gasteiger partial charge in [0.05, 0.1) is 5.75 Å². The summed E-state index contributed by atoms with van der Waals surface area (Å²) >= 11 is 1.57. The van der Waals surface area contributed by atoms with Crippen molar-refractivity contribution >= 4 is 27.8 Å². The monoisotopic (exact) mass is 303 g/mol. The van der Waals surface area contributed by atoms with Crippen LogP contribution < -0.4 is 4.72 Å². The Morgan fingerprint density at radius 3 is 2.58 bits per heavy atom. The SMILES string of the molecule is O=C(O)CCCS(=O)(=O)NCCSc1ccccc1. The molecule has 0 aliphatic carbocycles. The molecule has 0 bridgehead atoms. The topological polar surface area (TPSA) is 83.5 Å². The van der Waals surface area contributed by atoms with Gasteiger partial charge in [0.2, 0.25) is 10.0 Å². The van der Waals surface area contributed by atoms with Crippen LogP contribution in [-0.4, -0.2) is 37.5 Å². The number of sulfonamides is 1. The first kappa shape index (κ1) is 16.0. The van der Waals surface area contributed by atoms with Crippen LogP contribution in [0.15, 0.2) is 35.2 Å². The van der Waals surface area contributed by atoms with Crippen LogP contribution in [0.2, 0.25) is 0 Å². The molecular weight excluding hydrogens is 286 g/mol. The van der Waals surface area contributed by atoms with E-state index < -0.39 is 16.0 Å². The lowest BCUT2D eigenvalue weighted by atomic mass is 10.3. The first-order valence-corrected chi connectivity index (χ1v) is 8.50. The fraction of sp³-hybridized carbons (Fsp3) is 0.417. The smallest absolute Gasteiger partial charge is 0.303 e. The number of carboxylic acid groups (broad SMARTS) is 1. The van der Waals surface area contributed by atoms with E-state index in [1.165, 1.54) is 0 Å². The second kappa shape index (κ2) is 8.19. The summed E-state index contributed by atoms with van der Waals surface area (Å²) < 4.78 is 25.5. The van der Waals surface area contributed by atoms with Crippen molar-refractivity contribution in [2.45, 2.75) is 17.7 Å². The van der Waals surface area contributed by atoms with Crippen molar-refractivity contribution in [2.75, 3.05) is 18.1 Å². The molecule has 1 aromatic rings. The highest BCUT2D eigenvalue weighted by Gasteiger charge is 2.10. The third kappa shape index (κ3) is 7.86. The molecule has 0 fully saturated rings. The Morgan fingerprint density at radius 2 is 1.95 bits per heavy atom. The van der Waals surface area contributed by atoms with Gasteiger partial charge in [-0.15, -0.1) is 11.8 Å². The number of rotatable bonds is 9. The molecule has 0 saturated carbocycles. The van der Waals surface area contributed by atoms with Gasteiger partial charge in [0.1, 0.15) is 0 Å². The molecule has 2 N–H and O–H groups in total. The molecule has 0 unspecified atom stereocenters. The summed E-state index contributed by atoms with van der Waals surface area (Å²) in [7, 11) is -3.36. The molecule has 0 spiro atoms. The molecule has 0 aliphatic heterocycles. The van der Waals surface area contributed by atoms with Gasteiger partial charge < -0.3 is 5.11 Å². The lowest BCUT2D eigenvalue weighted by Crippen LogP contribution is -2.28. The highest BCUT2D eigenvalue weighted by molar-refractivity contribution is 7.99. The van der Waals surface area contributed by atoms with Crippen molar-refractivity contribution in [2.24, 2.45) is 0 Å². The van der Waals surface area contributed by atoms with Gasteiger partial charge in [0.25, 0.3) is 0 Å². The van der Waals surface area contributed by atoms with E-state index in [1.54, 1.807) is 11.8 Å². The van der Waals surface area contributed by atoms with Crippen LogP contribution in [0.25, 0.3) is 0 Å². The summed E-state index contributed by atoms with van der Waals surface area (Å²) in [5, 5.41) is 8.43. The molecule has 0 saturated heterocycles. The average molecular weight is 303 g/mol. The molecule has 106 valence electrons. The maximum atomic E-state index is 11.5. The third-order valence-electron chi connectivity index (χ3n) is 2.24. The van der Waals surface area contributed by atoms with Crippen LogP contribution in [-0.2, 0) is 14.8 Å². The van der Waals surface area contributed by atoms with Crippen LogP contribution >= 0.6 is 11.8 Å². The Labute approximate surface area is 117 Å². The molecule has 0 radical (unpaired) electrons. The minimum atomic E-state index is -3.36. The first-order valence-electron chi connectivity index (χ1n) is 5.86. The zero-order chi connectivity index (χ0) is 14.1. The van der Waals surface area contributed by atoms with Crippen molar-refractivity contribution in [3.05, 3.63) is 30.3 Å². The van der Waals surface area contributed by atoms with E-state index in [-0.39, 0.29) is 18.6 Å². The maximum Gasteiger partial charge on any atom is 0.303 e. The highest BCUT2D eigenvalue weighted by Crippen LogP contribution is 2.15. The standard InChI is InChI=1S/C12H17NO4S2/c14-12(15)7-4-10-19(16,17)13-8-9-18-11-5-2-1-3-6-11/h1-3,5-6,13H,4,7-10H2,(H,14,15). The third-order valence-corrected chi connectivity index (χ3v) is 4.72. The normalized spacial score (nSPS) is 11.4. The van der Waals surface area contributed by atoms with E-state index >= 15 is 0 Å². The van der Waals surface area contributed by atoms with Crippen molar-refractivity contribution in [3.8, 4) is 0 Å². The van der Waals surface area contributed by atoms with Crippen LogP contribution in [0.4, 0.5) is 0 Å². The summed E-state index contributed by atoms with van der Waals surface area (Å²) in [5.74, 6) is -0.480. The second-order valence-corrected chi connectivity index (χ2v) is 6.97. The molecule has 0 aromatic heterocycles. The van der Waals surface area contributed by atoms with E-state index in [9.17, 15) is 13.2 Å². The summed E-state index contributed by atoms with van der Waals surface area (Å²) in [6, 6.07) is 9.71. The molecule has 1 rings (SSSR count). The van der Waals surface area contributed by atoms with Crippen molar-refractivity contribution in [1.29, 1.82) is 0 Å². The van der Waals surface area contributed by atoms with Crippen LogP contribution in [0, 0.1) is 0 Å². The number of thioether (sulfide) groups is 1. The van der Waals surface area contributed by atoms with Gasteiger partial charge in [0.15, 0.2) is 0 Å². The fourth-order valence-corrected chi connectivity index (χ4v) is 3.37. The fourth-order valence-electron chi connectivity index (χ4n) is 1.37. The number of carbonyl (C=O) groups is 1. The van der Waals surface area contributed by atoms with E-state index in [1.807, 2.05) is 30.3 Å². The number of carboxylic acids is 1. The van der Waals surface area contributed by atoms with Crippen molar-refractivity contribution in [1.82, 2.24) is 4.72 Å². The van der Waals surface area contributed by atoms with Gasteiger partial charge >= 0.3 is 5.97 Å². The average Bonchev–Trinajstić information content (AvgIpc) is 2.35. The number of hydrogen-bond acceptors (Lipinski definition) is 4. The Bertz CT molecular complexity index is 488. The molecule has 0 atom stereocenters. The Hall–Kier alpha value is -1.05. The summed E-state index contributed by atoms with van der Waals surface area (Å²) in [6.45, 7) is 0.342. The van der Waals surface area contributed by atoms with Gasteiger partial charge in [-0.1, -0.05) is 18.2 Å². The quantitative estimate of drug-likeness (QED) is 0.534. The molecule has 5 nitrogen and oxygen atoms in total. The first-order chi connectivity index (χ1) is 8.99. The maximum absolute atomic E-state index is 11.5. The number of benzene rings is 1. The molecule has 0 aliphatic rings. The van der Waals surface area contributed by atoms with Gasteiger partial charge in [0, 0.05) is 23.6 Å². The zero-order valence-corrected chi connectivity index (χ0v) is 12.0. The van der Waals surface area contributed by atoms with Crippen LogP contribution in [0.1, 0.15) is 12.8 Å².